The van der Waals surface area contributed by atoms with E-state index in [0.717, 1.165) is 48.8 Å². The molecule has 0 saturated carbocycles. The minimum atomic E-state index is 0.0328. The fraction of sp³-hybridized carbons (Fsp3) is 0.455. The highest BCUT2D eigenvalue weighted by Gasteiger charge is 2.14. The van der Waals surface area contributed by atoms with Crippen LogP contribution in [-0.2, 0) is 24.2 Å². The first-order valence-electron chi connectivity index (χ1n) is 9.99. The predicted octanol–water partition coefficient (Wildman–Crippen LogP) is 3.26. The van der Waals surface area contributed by atoms with Crippen molar-refractivity contribution in [1.82, 2.24) is 10.3 Å². The summed E-state index contributed by atoms with van der Waals surface area (Å²) in [5.74, 6) is 2.03. The first-order valence-corrected chi connectivity index (χ1v) is 9.99. The number of amides is 1. The summed E-state index contributed by atoms with van der Waals surface area (Å²) < 4.78 is 5.51. The topological polar surface area (TPSA) is 54.5 Å². The molecule has 5 nitrogen and oxygen atoms in total. The van der Waals surface area contributed by atoms with E-state index in [4.69, 9.17) is 4.74 Å². The molecule has 2 aromatic rings. The molecular weight excluding hydrogens is 338 g/mol. The third kappa shape index (κ3) is 4.59. The number of anilines is 1. The van der Waals surface area contributed by atoms with Gasteiger partial charge >= 0.3 is 0 Å². The molecule has 4 rings (SSSR count). The number of benzene rings is 1. The number of carbonyl (C=O) groups excluding carboxylic acids is 1. The van der Waals surface area contributed by atoms with Crippen molar-refractivity contribution < 1.29 is 9.53 Å². The van der Waals surface area contributed by atoms with Crippen molar-refractivity contribution in [2.24, 2.45) is 0 Å². The molecule has 1 amide bonds. The Balaban J connectivity index is 1.28. The average molecular weight is 365 g/mol. The van der Waals surface area contributed by atoms with Gasteiger partial charge in [-0.05, 0) is 41.7 Å². The number of rotatable bonds is 5. The number of hydrogen-bond donors (Lipinski definition) is 1. The first kappa shape index (κ1) is 17.8. The Kier molecular flexibility index (Phi) is 5.56. The molecule has 0 unspecified atom stereocenters. The third-order valence-electron chi connectivity index (χ3n) is 5.35. The van der Waals surface area contributed by atoms with Gasteiger partial charge in [-0.2, -0.15) is 0 Å². The van der Waals surface area contributed by atoms with Crippen molar-refractivity contribution in [1.29, 1.82) is 0 Å². The van der Waals surface area contributed by atoms with E-state index in [2.05, 4.69) is 33.4 Å². The lowest BCUT2D eigenvalue weighted by molar-refractivity contribution is -0.120. The Labute approximate surface area is 160 Å². The molecule has 2 aliphatic heterocycles. The van der Waals surface area contributed by atoms with Crippen LogP contribution in [0.25, 0.3) is 0 Å². The largest absolute Gasteiger partial charge is 0.493 e. The van der Waals surface area contributed by atoms with Crippen molar-refractivity contribution in [3.63, 3.8) is 0 Å². The fourth-order valence-electron chi connectivity index (χ4n) is 3.81. The third-order valence-corrected chi connectivity index (χ3v) is 5.35. The minimum absolute atomic E-state index is 0.0328. The highest BCUT2D eigenvalue weighted by Crippen LogP contribution is 2.26. The Bertz CT molecular complexity index is 781. The van der Waals surface area contributed by atoms with E-state index in [1.54, 1.807) is 0 Å². The lowest BCUT2D eigenvalue weighted by Gasteiger charge is -2.21. The second kappa shape index (κ2) is 8.42. The molecule has 1 aromatic heterocycles. The van der Waals surface area contributed by atoms with Crippen LogP contribution in [0.5, 0.6) is 5.75 Å². The second-order valence-corrected chi connectivity index (χ2v) is 7.42. The van der Waals surface area contributed by atoms with Crippen LogP contribution in [0, 0.1) is 0 Å². The molecule has 1 fully saturated rings. The van der Waals surface area contributed by atoms with E-state index in [9.17, 15) is 4.79 Å². The van der Waals surface area contributed by atoms with Gasteiger partial charge in [0.15, 0.2) is 0 Å². The van der Waals surface area contributed by atoms with Gasteiger partial charge in [-0.3, -0.25) is 4.79 Å². The minimum Gasteiger partial charge on any atom is -0.493 e. The molecule has 1 saturated heterocycles. The maximum Gasteiger partial charge on any atom is 0.224 e. The van der Waals surface area contributed by atoms with Crippen LogP contribution in [0.4, 0.5) is 5.82 Å². The van der Waals surface area contributed by atoms with Crippen molar-refractivity contribution in [3.8, 4) is 5.75 Å². The monoisotopic (exact) mass is 365 g/mol. The van der Waals surface area contributed by atoms with E-state index in [1.807, 2.05) is 18.3 Å². The zero-order valence-corrected chi connectivity index (χ0v) is 15.7. The summed E-state index contributed by atoms with van der Waals surface area (Å²) in [5.41, 5.74) is 3.27. The van der Waals surface area contributed by atoms with Gasteiger partial charge in [-0.25, -0.2) is 4.98 Å². The van der Waals surface area contributed by atoms with Gasteiger partial charge in [0.2, 0.25) is 5.91 Å². The maximum absolute atomic E-state index is 12.3. The van der Waals surface area contributed by atoms with Crippen LogP contribution in [0.2, 0.25) is 0 Å². The molecular formula is C22H27N3O2. The molecule has 0 radical (unpaired) electrons. The van der Waals surface area contributed by atoms with E-state index in [0.29, 0.717) is 13.0 Å². The number of pyridine rings is 1. The van der Waals surface area contributed by atoms with E-state index < -0.39 is 0 Å². The van der Waals surface area contributed by atoms with Gasteiger partial charge in [0.25, 0.3) is 0 Å². The van der Waals surface area contributed by atoms with Crippen LogP contribution in [-0.4, -0.2) is 30.6 Å². The fourth-order valence-corrected chi connectivity index (χ4v) is 3.81. The second-order valence-electron chi connectivity index (χ2n) is 7.42. The van der Waals surface area contributed by atoms with Crippen molar-refractivity contribution in [3.05, 3.63) is 53.2 Å². The molecule has 2 aliphatic rings. The molecule has 1 aromatic carbocycles. The number of carbonyl (C=O) groups is 1. The van der Waals surface area contributed by atoms with Crippen molar-refractivity contribution in [2.75, 3.05) is 24.6 Å². The number of fused-ring (bicyclic) bond motifs is 1. The molecule has 1 N–H and O–H groups in total. The van der Waals surface area contributed by atoms with Gasteiger partial charge in [-0.15, -0.1) is 0 Å². The van der Waals surface area contributed by atoms with E-state index in [1.165, 1.54) is 31.2 Å². The molecule has 3 heterocycles. The zero-order valence-electron chi connectivity index (χ0n) is 15.7. The van der Waals surface area contributed by atoms with Crippen LogP contribution in [0.15, 0.2) is 36.5 Å². The smallest absolute Gasteiger partial charge is 0.224 e. The summed E-state index contributed by atoms with van der Waals surface area (Å²) in [4.78, 5) is 19.2. The summed E-state index contributed by atoms with van der Waals surface area (Å²) in [6.45, 7) is 3.44. The Morgan fingerprint density at radius 2 is 1.89 bits per heavy atom. The van der Waals surface area contributed by atoms with Crippen molar-refractivity contribution >= 4 is 11.7 Å². The SMILES string of the molecule is O=C(Cc1ccc2c(c1)CCO2)NCc1ccc(N2CCCCCC2)nc1. The number of ether oxygens (including phenoxy) is 1. The number of nitrogens with one attached hydrogen (secondary N) is 1. The molecule has 5 heteroatoms. The highest BCUT2D eigenvalue weighted by molar-refractivity contribution is 5.78. The summed E-state index contributed by atoms with van der Waals surface area (Å²) >= 11 is 0. The van der Waals surface area contributed by atoms with Gasteiger partial charge in [0.1, 0.15) is 11.6 Å². The van der Waals surface area contributed by atoms with Gasteiger partial charge in [-0.1, -0.05) is 31.0 Å². The molecule has 0 aliphatic carbocycles. The van der Waals surface area contributed by atoms with Crippen LogP contribution >= 0.6 is 0 Å². The van der Waals surface area contributed by atoms with Crippen molar-refractivity contribution in [2.45, 2.75) is 45.1 Å². The number of aromatic nitrogens is 1. The van der Waals surface area contributed by atoms with Gasteiger partial charge < -0.3 is 15.0 Å². The predicted molar refractivity (Wildman–Crippen MR) is 106 cm³/mol. The number of hydrogen-bond acceptors (Lipinski definition) is 4. The first-order chi connectivity index (χ1) is 13.3. The number of nitrogens with zero attached hydrogens (tertiary/aromatic N) is 2. The maximum atomic E-state index is 12.3. The standard InChI is InChI=1S/C22H27N3O2/c26-22(14-17-5-7-20-19(13-17)9-12-27-20)24-16-18-6-8-21(23-15-18)25-10-3-1-2-4-11-25/h5-8,13,15H,1-4,9-12,14,16H2,(H,24,26). The Hall–Kier alpha value is -2.56. The molecule has 0 bridgehead atoms. The van der Waals surface area contributed by atoms with Gasteiger partial charge in [0.05, 0.1) is 13.0 Å². The quantitative estimate of drug-likeness (QED) is 0.884. The molecule has 0 atom stereocenters. The Morgan fingerprint density at radius 1 is 1.07 bits per heavy atom. The summed E-state index contributed by atoms with van der Waals surface area (Å²) in [6, 6.07) is 10.2. The highest BCUT2D eigenvalue weighted by atomic mass is 16.5. The summed E-state index contributed by atoms with van der Waals surface area (Å²) in [6.07, 6.45) is 8.33. The van der Waals surface area contributed by atoms with E-state index >= 15 is 0 Å². The Morgan fingerprint density at radius 3 is 2.67 bits per heavy atom. The lowest BCUT2D eigenvalue weighted by atomic mass is 10.1. The summed E-state index contributed by atoms with van der Waals surface area (Å²) in [7, 11) is 0. The summed E-state index contributed by atoms with van der Waals surface area (Å²) in [5, 5.41) is 3.00. The normalized spacial score (nSPS) is 16.4. The molecule has 27 heavy (non-hydrogen) atoms. The lowest BCUT2D eigenvalue weighted by Crippen LogP contribution is -2.26. The van der Waals surface area contributed by atoms with E-state index in [-0.39, 0.29) is 5.91 Å². The zero-order chi connectivity index (χ0) is 18.5. The van der Waals surface area contributed by atoms with Crippen LogP contribution < -0.4 is 15.0 Å². The van der Waals surface area contributed by atoms with Gasteiger partial charge in [0, 0.05) is 32.3 Å². The average Bonchev–Trinajstić information content (AvgIpc) is 2.98. The molecule has 0 spiro atoms. The van der Waals surface area contributed by atoms with Crippen LogP contribution in [0.3, 0.4) is 0 Å². The van der Waals surface area contributed by atoms with Crippen LogP contribution in [0.1, 0.15) is 42.4 Å². The molecule has 142 valence electrons.